The van der Waals surface area contributed by atoms with Gasteiger partial charge in [0.05, 0.1) is 17.1 Å². The molecule has 5 rings (SSSR count). The van der Waals surface area contributed by atoms with Crippen molar-refractivity contribution in [2.45, 2.75) is 65.2 Å². The molecule has 0 saturated heterocycles. The lowest BCUT2D eigenvalue weighted by atomic mass is 9.77. The van der Waals surface area contributed by atoms with Crippen molar-refractivity contribution in [1.82, 2.24) is 14.8 Å². The van der Waals surface area contributed by atoms with Crippen LogP contribution in [-0.2, 0) is 4.79 Å². The number of aryl methyl sites for hydroxylation is 2. The highest BCUT2D eigenvalue weighted by Crippen LogP contribution is 2.46. The maximum absolute atomic E-state index is 16.2. The first-order valence-electron chi connectivity index (χ1n) is 11.9. The fourth-order valence-electron chi connectivity index (χ4n) is 5.70. The zero-order valence-corrected chi connectivity index (χ0v) is 19.9. The summed E-state index contributed by atoms with van der Waals surface area (Å²) in [7, 11) is 0. The number of halogens is 2. The molecule has 0 aliphatic heterocycles. The molecule has 0 radical (unpaired) electrons. The molecule has 0 spiro atoms. The van der Waals surface area contributed by atoms with Gasteiger partial charge < -0.3 is 9.67 Å². The molecule has 1 aliphatic carbocycles. The minimum absolute atomic E-state index is 0.0502. The van der Waals surface area contributed by atoms with Crippen molar-refractivity contribution in [1.29, 1.82) is 0 Å². The van der Waals surface area contributed by atoms with Gasteiger partial charge in [0.1, 0.15) is 11.3 Å². The minimum atomic E-state index is -0.757. The Morgan fingerprint density at radius 2 is 1.85 bits per heavy atom. The Morgan fingerprint density at radius 1 is 1.15 bits per heavy atom. The van der Waals surface area contributed by atoms with Gasteiger partial charge in [0.25, 0.3) is 0 Å². The Labute approximate surface area is 196 Å². The molecule has 5 nitrogen and oxygen atoms in total. The largest absolute Gasteiger partial charge is 0.481 e. The lowest BCUT2D eigenvalue weighted by molar-refractivity contribution is -0.142. The van der Waals surface area contributed by atoms with E-state index in [1.165, 1.54) is 6.07 Å². The summed E-state index contributed by atoms with van der Waals surface area (Å²) in [6.07, 6.45) is 2.54. The second-order valence-electron chi connectivity index (χ2n) is 9.93. The molecule has 34 heavy (non-hydrogen) atoms. The number of H-pyrrole nitrogens is 1. The van der Waals surface area contributed by atoms with Crippen LogP contribution in [0.3, 0.4) is 0 Å². The quantitative estimate of drug-likeness (QED) is 0.345. The lowest BCUT2D eigenvalue weighted by Crippen LogP contribution is -2.21. The van der Waals surface area contributed by atoms with Gasteiger partial charge >= 0.3 is 5.97 Å². The number of carboxylic acid groups (broad SMARTS) is 1. The van der Waals surface area contributed by atoms with E-state index in [9.17, 15) is 14.3 Å². The Kier molecular flexibility index (Phi) is 5.46. The van der Waals surface area contributed by atoms with Crippen molar-refractivity contribution in [3.05, 3.63) is 58.4 Å². The smallest absolute Gasteiger partial charge is 0.306 e. The predicted molar refractivity (Wildman–Crippen MR) is 129 cm³/mol. The van der Waals surface area contributed by atoms with Crippen LogP contribution < -0.4 is 0 Å². The molecule has 0 amide bonds. The molecule has 4 aromatic rings. The third kappa shape index (κ3) is 3.40. The van der Waals surface area contributed by atoms with Crippen LogP contribution in [-0.4, -0.2) is 25.8 Å². The highest BCUT2D eigenvalue weighted by molar-refractivity contribution is 6.00. The third-order valence-corrected chi connectivity index (χ3v) is 7.43. The SMILES string of the molecule is Cc1cc(-n2c(C(C)C)c(C3CCC(C(=O)O)CC3)c3c(F)c4[nH]nc(C)c4cc32)ccc1F. The average Bonchev–Trinajstić information content (AvgIpc) is 3.35. The second-order valence-corrected chi connectivity index (χ2v) is 9.93. The first-order chi connectivity index (χ1) is 16.2. The molecule has 0 bridgehead atoms. The van der Waals surface area contributed by atoms with Crippen molar-refractivity contribution in [2.24, 2.45) is 5.92 Å². The molecular formula is C27H29F2N3O2. The van der Waals surface area contributed by atoms with E-state index in [1.54, 1.807) is 19.1 Å². The van der Waals surface area contributed by atoms with Gasteiger partial charge in [-0.05, 0) is 86.8 Å². The van der Waals surface area contributed by atoms with Crippen molar-refractivity contribution < 1.29 is 18.7 Å². The normalized spacial score (nSPS) is 18.9. The first kappa shape index (κ1) is 22.6. The van der Waals surface area contributed by atoms with Gasteiger partial charge in [-0.15, -0.1) is 0 Å². The summed E-state index contributed by atoms with van der Waals surface area (Å²) < 4.78 is 32.4. The molecular weight excluding hydrogens is 436 g/mol. The molecule has 0 unspecified atom stereocenters. The van der Waals surface area contributed by atoms with Crippen molar-refractivity contribution >= 4 is 27.8 Å². The van der Waals surface area contributed by atoms with Crippen LogP contribution in [0.5, 0.6) is 0 Å². The van der Waals surface area contributed by atoms with E-state index in [-0.39, 0.29) is 29.4 Å². The number of aromatic nitrogens is 3. The number of benzene rings is 2. The zero-order chi connectivity index (χ0) is 24.3. The molecule has 0 atom stereocenters. The lowest BCUT2D eigenvalue weighted by Gasteiger charge is -2.28. The van der Waals surface area contributed by atoms with E-state index >= 15 is 4.39 Å². The molecule has 1 fully saturated rings. The Hall–Kier alpha value is -3.22. The van der Waals surface area contributed by atoms with E-state index in [2.05, 4.69) is 28.6 Å². The Bertz CT molecular complexity index is 1430. The monoisotopic (exact) mass is 465 g/mol. The van der Waals surface area contributed by atoms with Crippen LogP contribution in [0, 0.1) is 31.4 Å². The minimum Gasteiger partial charge on any atom is -0.481 e. The highest BCUT2D eigenvalue weighted by Gasteiger charge is 2.34. The van der Waals surface area contributed by atoms with Gasteiger partial charge in [0.15, 0.2) is 5.82 Å². The summed E-state index contributed by atoms with van der Waals surface area (Å²) in [5.74, 6) is -1.59. The fraction of sp³-hybridized carbons (Fsp3) is 0.407. The standard InChI is InChI=1S/C27H29F2N3O2/c1-13(2)26-22(16-5-7-17(8-6-16)27(33)34)23-21(12-19-15(4)30-31-25(19)24(23)29)32(26)18-9-10-20(28)14(3)11-18/h9-13,16-17H,5-8H2,1-4H3,(H,30,31)(H,33,34). The molecule has 1 saturated carbocycles. The summed E-state index contributed by atoms with van der Waals surface area (Å²) in [5.41, 5.74) is 5.09. The molecule has 2 aromatic carbocycles. The Morgan fingerprint density at radius 3 is 2.47 bits per heavy atom. The number of nitrogens with zero attached hydrogens (tertiary/aromatic N) is 2. The van der Waals surface area contributed by atoms with Gasteiger partial charge in [0, 0.05) is 22.2 Å². The molecule has 7 heteroatoms. The molecule has 2 heterocycles. The van der Waals surface area contributed by atoms with Gasteiger partial charge in [0.2, 0.25) is 0 Å². The van der Waals surface area contributed by atoms with Crippen LogP contribution >= 0.6 is 0 Å². The topological polar surface area (TPSA) is 70.9 Å². The second kappa shape index (κ2) is 8.22. The number of hydrogen-bond donors (Lipinski definition) is 2. The fourth-order valence-corrected chi connectivity index (χ4v) is 5.70. The van der Waals surface area contributed by atoms with Gasteiger partial charge in [-0.2, -0.15) is 5.10 Å². The predicted octanol–water partition coefficient (Wildman–Crippen LogP) is 6.88. The van der Waals surface area contributed by atoms with E-state index in [0.717, 1.165) is 27.8 Å². The summed E-state index contributed by atoms with van der Waals surface area (Å²) in [6.45, 7) is 7.75. The number of fused-ring (bicyclic) bond motifs is 2. The maximum Gasteiger partial charge on any atom is 0.306 e. The number of nitrogens with one attached hydrogen (secondary N) is 1. The molecule has 1 aliphatic rings. The van der Waals surface area contributed by atoms with E-state index < -0.39 is 5.97 Å². The molecule has 2 N–H and O–H groups in total. The number of aliphatic carboxylic acids is 1. The van der Waals surface area contributed by atoms with Crippen LogP contribution in [0.2, 0.25) is 0 Å². The third-order valence-electron chi connectivity index (χ3n) is 7.43. The van der Waals surface area contributed by atoms with E-state index in [1.807, 2.05) is 13.0 Å². The van der Waals surface area contributed by atoms with Crippen LogP contribution in [0.1, 0.15) is 73.9 Å². The highest BCUT2D eigenvalue weighted by atomic mass is 19.1. The van der Waals surface area contributed by atoms with Gasteiger partial charge in [-0.1, -0.05) is 13.8 Å². The van der Waals surface area contributed by atoms with Crippen molar-refractivity contribution in [3.8, 4) is 5.69 Å². The summed E-state index contributed by atoms with van der Waals surface area (Å²) in [4.78, 5) is 11.5. The van der Waals surface area contributed by atoms with E-state index in [0.29, 0.717) is 47.8 Å². The summed E-state index contributed by atoms with van der Waals surface area (Å²) in [5, 5.41) is 17.8. The molecule has 2 aromatic heterocycles. The first-order valence-corrected chi connectivity index (χ1v) is 11.9. The number of rotatable bonds is 4. The summed E-state index contributed by atoms with van der Waals surface area (Å²) >= 11 is 0. The van der Waals surface area contributed by atoms with E-state index in [4.69, 9.17) is 0 Å². The summed E-state index contributed by atoms with van der Waals surface area (Å²) in [6, 6.07) is 6.97. The zero-order valence-electron chi connectivity index (χ0n) is 19.9. The number of aromatic amines is 1. The van der Waals surface area contributed by atoms with Gasteiger partial charge in [-0.3, -0.25) is 9.89 Å². The van der Waals surface area contributed by atoms with Crippen molar-refractivity contribution in [3.63, 3.8) is 0 Å². The molecule has 178 valence electrons. The van der Waals surface area contributed by atoms with Crippen LogP contribution in [0.25, 0.3) is 27.5 Å². The maximum atomic E-state index is 16.2. The number of hydrogen-bond acceptors (Lipinski definition) is 2. The number of carbonyl (C=O) groups is 1. The van der Waals surface area contributed by atoms with Gasteiger partial charge in [-0.25, -0.2) is 8.78 Å². The van der Waals surface area contributed by atoms with Crippen LogP contribution in [0.15, 0.2) is 24.3 Å². The number of carboxylic acids is 1. The van der Waals surface area contributed by atoms with Crippen LogP contribution in [0.4, 0.5) is 8.78 Å². The average molecular weight is 466 g/mol. The Balaban J connectivity index is 1.84. The van der Waals surface area contributed by atoms with Crippen molar-refractivity contribution in [2.75, 3.05) is 0 Å².